The summed E-state index contributed by atoms with van der Waals surface area (Å²) in [5, 5.41) is 4.52. The molecule has 1 fully saturated rings. The fourth-order valence-corrected chi connectivity index (χ4v) is 3.21. The van der Waals surface area contributed by atoms with E-state index in [2.05, 4.69) is 54.3 Å². The second kappa shape index (κ2) is 8.14. The Morgan fingerprint density at radius 3 is 2.86 bits per heavy atom. The quantitative estimate of drug-likeness (QED) is 0.871. The Labute approximate surface area is 134 Å². The van der Waals surface area contributed by atoms with Gasteiger partial charge in [-0.3, -0.25) is 0 Å². The van der Waals surface area contributed by atoms with Crippen molar-refractivity contribution in [1.82, 2.24) is 15.1 Å². The molecule has 1 aliphatic rings. The summed E-state index contributed by atoms with van der Waals surface area (Å²) in [6.07, 6.45) is 2.28. The molecule has 0 bridgehead atoms. The lowest BCUT2D eigenvalue weighted by Crippen LogP contribution is -2.51. The molecule has 1 aliphatic heterocycles. The summed E-state index contributed by atoms with van der Waals surface area (Å²) in [5.74, 6) is 0. The van der Waals surface area contributed by atoms with Gasteiger partial charge in [0.2, 0.25) is 0 Å². The van der Waals surface area contributed by atoms with Gasteiger partial charge < -0.3 is 15.1 Å². The van der Waals surface area contributed by atoms with Crippen LogP contribution in [0.3, 0.4) is 0 Å². The third-order valence-electron chi connectivity index (χ3n) is 4.38. The number of nitrogens with one attached hydrogen (secondary N) is 1. The van der Waals surface area contributed by atoms with E-state index in [0.717, 1.165) is 44.0 Å². The van der Waals surface area contributed by atoms with E-state index in [1.807, 2.05) is 6.07 Å². The van der Waals surface area contributed by atoms with Crippen molar-refractivity contribution < 1.29 is 0 Å². The van der Waals surface area contributed by atoms with E-state index < -0.39 is 0 Å². The standard InChI is InChI=1S/C17H28ClN3/c1-4-8-19-17(14-6-5-7-15(18)11-14)12-16-13-20(2)9-10-21(16)3/h5-7,11,16-17,19H,4,8-10,12-13H2,1-3H3. The average Bonchev–Trinajstić information content (AvgIpc) is 2.47. The Hall–Kier alpha value is -0.610. The van der Waals surface area contributed by atoms with Gasteiger partial charge in [0.15, 0.2) is 0 Å². The summed E-state index contributed by atoms with van der Waals surface area (Å²) >= 11 is 6.17. The Balaban J connectivity index is 2.08. The Morgan fingerprint density at radius 2 is 2.14 bits per heavy atom. The van der Waals surface area contributed by atoms with Gasteiger partial charge in [-0.1, -0.05) is 30.7 Å². The number of benzene rings is 1. The number of hydrogen-bond donors (Lipinski definition) is 1. The third kappa shape index (κ3) is 4.96. The van der Waals surface area contributed by atoms with Crippen LogP contribution in [-0.4, -0.2) is 56.1 Å². The molecule has 1 saturated heterocycles. The molecule has 0 radical (unpaired) electrons. The molecule has 1 aromatic rings. The van der Waals surface area contributed by atoms with Crippen LogP contribution in [0, 0.1) is 0 Å². The highest BCUT2D eigenvalue weighted by Crippen LogP contribution is 2.24. The molecule has 2 unspecified atom stereocenters. The first-order valence-corrected chi connectivity index (χ1v) is 8.35. The maximum absolute atomic E-state index is 6.17. The summed E-state index contributed by atoms with van der Waals surface area (Å²) in [6.45, 7) is 6.71. The lowest BCUT2D eigenvalue weighted by atomic mass is 9.97. The van der Waals surface area contributed by atoms with Gasteiger partial charge in [0.05, 0.1) is 0 Å². The predicted molar refractivity (Wildman–Crippen MR) is 91.0 cm³/mol. The van der Waals surface area contributed by atoms with Gasteiger partial charge in [0, 0.05) is 36.7 Å². The van der Waals surface area contributed by atoms with Crippen molar-refractivity contribution in [2.24, 2.45) is 0 Å². The first kappa shape index (κ1) is 16.8. The van der Waals surface area contributed by atoms with Gasteiger partial charge in [-0.2, -0.15) is 0 Å². The fraction of sp³-hybridized carbons (Fsp3) is 0.647. The molecule has 0 amide bonds. The van der Waals surface area contributed by atoms with E-state index in [1.165, 1.54) is 5.56 Å². The molecule has 4 heteroatoms. The molecule has 21 heavy (non-hydrogen) atoms. The number of likely N-dealkylation sites (N-methyl/N-ethyl adjacent to an activating group) is 2. The lowest BCUT2D eigenvalue weighted by Gasteiger charge is -2.39. The topological polar surface area (TPSA) is 18.5 Å². The van der Waals surface area contributed by atoms with Gasteiger partial charge in [-0.25, -0.2) is 0 Å². The average molecular weight is 310 g/mol. The maximum Gasteiger partial charge on any atom is 0.0409 e. The molecule has 1 N–H and O–H groups in total. The van der Waals surface area contributed by atoms with Crippen LogP contribution in [0.1, 0.15) is 31.4 Å². The van der Waals surface area contributed by atoms with Crippen molar-refractivity contribution in [3.8, 4) is 0 Å². The zero-order valence-corrected chi connectivity index (χ0v) is 14.2. The van der Waals surface area contributed by atoms with Gasteiger partial charge >= 0.3 is 0 Å². The molecule has 0 aliphatic carbocycles. The van der Waals surface area contributed by atoms with Crippen molar-refractivity contribution in [3.05, 3.63) is 34.9 Å². The van der Waals surface area contributed by atoms with Crippen molar-refractivity contribution in [2.75, 3.05) is 40.3 Å². The van der Waals surface area contributed by atoms with Crippen LogP contribution < -0.4 is 5.32 Å². The second-order valence-electron chi connectivity index (χ2n) is 6.19. The van der Waals surface area contributed by atoms with Gasteiger partial charge in [-0.05, 0) is 51.2 Å². The first-order valence-electron chi connectivity index (χ1n) is 7.97. The molecule has 2 atom stereocenters. The van der Waals surface area contributed by atoms with Crippen molar-refractivity contribution in [1.29, 1.82) is 0 Å². The molecule has 1 aromatic carbocycles. The van der Waals surface area contributed by atoms with E-state index in [9.17, 15) is 0 Å². The number of rotatable bonds is 6. The highest BCUT2D eigenvalue weighted by atomic mass is 35.5. The SMILES string of the molecule is CCCNC(CC1CN(C)CCN1C)c1cccc(Cl)c1. The highest BCUT2D eigenvalue weighted by Gasteiger charge is 2.25. The number of halogens is 1. The number of nitrogens with zero attached hydrogens (tertiary/aromatic N) is 2. The van der Waals surface area contributed by atoms with E-state index in [0.29, 0.717) is 12.1 Å². The zero-order chi connectivity index (χ0) is 15.2. The predicted octanol–water partition coefficient (Wildman–Crippen LogP) is 3.02. The van der Waals surface area contributed by atoms with Crippen molar-refractivity contribution in [3.63, 3.8) is 0 Å². The van der Waals surface area contributed by atoms with Crippen LogP contribution in [0.5, 0.6) is 0 Å². The number of hydrogen-bond acceptors (Lipinski definition) is 3. The third-order valence-corrected chi connectivity index (χ3v) is 4.61. The maximum atomic E-state index is 6.17. The van der Waals surface area contributed by atoms with Crippen LogP contribution in [0.4, 0.5) is 0 Å². The summed E-state index contributed by atoms with van der Waals surface area (Å²) in [6, 6.07) is 9.25. The fourth-order valence-electron chi connectivity index (χ4n) is 3.01. The van der Waals surface area contributed by atoms with Crippen LogP contribution in [0.2, 0.25) is 5.02 Å². The van der Waals surface area contributed by atoms with E-state index in [-0.39, 0.29) is 0 Å². The molecular formula is C17H28ClN3. The van der Waals surface area contributed by atoms with Crippen molar-refractivity contribution >= 4 is 11.6 Å². The molecule has 118 valence electrons. The smallest absolute Gasteiger partial charge is 0.0409 e. The number of piperazine rings is 1. The summed E-state index contributed by atoms with van der Waals surface area (Å²) in [5.41, 5.74) is 1.30. The summed E-state index contributed by atoms with van der Waals surface area (Å²) < 4.78 is 0. The molecule has 1 heterocycles. The summed E-state index contributed by atoms with van der Waals surface area (Å²) in [7, 11) is 4.46. The minimum atomic E-state index is 0.377. The molecule has 3 nitrogen and oxygen atoms in total. The van der Waals surface area contributed by atoms with Crippen LogP contribution in [0.15, 0.2) is 24.3 Å². The Morgan fingerprint density at radius 1 is 1.33 bits per heavy atom. The van der Waals surface area contributed by atoms with E-state index in [1.54, 1.807) is 0 Å². The minimum absolute atomic E-state index is 0.377. The van der Waals surface area contributed by atoms with Crippen LogP contribution >= 0.6 is 11.6 Å². The lowest BCUT2D eigenvalue weighted by molar-refractivity contribution is 0.101. The molecule has 0 aromatic heterocycles. The monoisotopic (exact) mass is 309 g/mol. The van der Waals surface area contributed by atoms with E-state index in [4.69, 9.17) is 11.6 Å². The van der Waals surface area contributed by atoms with E-state index >= 15 is 0 Å². The highest BCUT2D eigenvalue weighted by molar-refractivity contribution is 6.30. The largest absolute Gasteiger partial charge is 0.310 e. The Kier molecular flexibility index (Phi) is 6.49. The molecular weight excluding hydrogens is 282 g/mol. The molecule has 2 rings (SSSR count). The zero-order valence-electron chi connectivity index (χ0n) is 13.5. The van der Waals surface area contributed by atoms with Gasteiger partial charge in [-0.15, -0.1) is 0 Å². The molecule has 0 spiro atoms. The first-order chi connectivity index (χ1) is 10.1. The Bertz CT molecular complexity index is 438. The summed E-state index contributed by atoms with van der Waals surface area (Å²) in [4.78, 5) is 4.92. The van der Waals surface area contributed by atoms with Crippen LogP contribution in [-0.2, 0) is 0 Å². The second-order valence-corrected chi connectivity index (χ2v) is 6.63. The molecule has 0 saturated carbocycles. The van der Waals surface area contributed by atoms with Crippen LogP contribution in [0.25, 0.3) is 0 Å². The van der Waals surface area contributed by atoms with Gasteiger partial charge in [0.1, 0.15) is 0 Å². The van der Waals surface area contributed by atoms with Gasteiger partial charge in [0.25, 0.3) is 0 Å². The minimum Gasteiger partial charge on any atom is -0.310 e. The normalized spacial score (nSPS) is 22.4. The van der Waals surface area contributed by atoms with Crippen molar-refractivity contribution in [2.45, 2.75) is 31.8 Å².